The van der Waals surface area contributed by atoms with Crippen molar-refractivity contribution in [3.63, 3.8) is 0 Å². The minimum absolute atomic E-state index is 0.0736. The Kier molecular flexibility index (Phi) is 3.74. The summed E-state index contributed by atoms with van der Waals surface area (Å²) < 4.78 is 24.1. The molecule has 0 aliphatic carbocycles. The van der Waals surface area contributed by atoms with Gasteiger partial charge in [-0.05, 0) is 18.2 Å². The van der Waals surface area contributed by atoms with Gasteiger partial charge in [-0.3, -0.25) is 0 Å². The van der Waals surface area contributed by atoms with Crippen LogP contribution in [0.3, 0.4) is 0 Å². The molecule has 1 heterocycles. The molecule has 0 radical (unpaired) electrons. The zero-order chi connectivity index (χ0) is 13.0. The second-order valence-electron chi connectivity index (χ2n) is 3.56. The molecule has 2 aromatic rings. The fourth-order valence-corrected chi connectivity index (χ4v) is 1.53. The average Bonchev–Trinajstić information content (AvgIpc) is 2.39. The molecule has 4 nitrogen and oxygen atoms in total. The van der Waals surface area contributed by atoms with Crippen LogP contribution in [0.25, 0.3) is 0 Å². The van der Waals surface area contributed by atoms with Crippen molar-refractivity contribution in [3.05, 3.63) is 47.9 Å². The first-order valence-electron chi connectivity index (χ1n) is 5.40. The lowest BCUT2D eigenvalue weighted by molar-refractivity contribution is 0.391. The van der Waals surface area contributed by atoms with E-state index >= 15 is 0 Å². The molecule has 0 fully saturated rings. The summed E-state index contributed by atoms with van der Waals surface area (Å²) in [7, 11) is 1.51. The highest BCUT2D eigenvalue weighted by Gasteiger charge is 2.09. The van der Waals surface area contributed by atoms with Crippen molar-refractivity contribution < 1.29 is 13.9 Å². The maximum absolute atomic E-state index is 13.5. The Bertz CT molecular complexity index is 546. The summed E-state index contributed by atoms with van der Waals surface area (Å²) in [6.45, 7) is 0.0736. The van der Waals surface area contributed by atoms with E-state index in [1.165, 1.54) is 13.2 Å². The highest BCUT2D eigenvalue weighted by molar-refractivity contribution is 5.39. The summed E-state index contributed by atoms with van der Waals surface area (Å²) in [5.74, 6) is 0.960. The van der Waals surface area contributed by atoms with Gasteiger partial charge in [0.15, 0.2) is 0 Å². The number of nitrogens with zero attached hydrogens (tertiary/aromatic N) is 1. The number of aromatic nitrogens is 1. The molecular weight excluding hydrogens is 235 g/mol. The maximum Gasteiger partial charge on any atom is 0.216 e. The van der Waals surface area contributed by atoms with Gasteiger partial charge in [0.05, 0.1) is 7.11 Å². The molecule has 0 spiro atoms. The Hall–Kier alpha value is -2.14. The van der Waals surface area contributed by atoms with Crippen molar-refractivity contribution in [3.8, 4) is 17.4 Å². The zero-order valence-corrected chi connectivity index (χ0v) is 9.89. The standard InChI is InChI=1S/C13H13FN2O2/c1-17-13-7-9(5-6-16-13)18-12-4-2-3-11(14)10(12)8-15/h2-7H,8,15H2,1H3. The largest absolute Gasteiger partial charge is 0.481 e. The predicted molar refractivity (Wildman–Crippen MR) is 65.2 cm³/mol. The van der Waals surface area contributed by atoms with Crippen molar-refractivity contribution in [1.82, 2.24) is 4.98 Å². The molecule has 94 valence electrons. The van der Waals surface area contributed by atoms with E-state index in [4.69, 9.17) is 15.2 Å². The molecule has 1 aromatic carbocycles. The summed E-state index contributed by atoms with van der Waals surface area (Å²) in [5, 5.41) is 0. The van der Waals surface area contributed by atoms with Gasteiger partial charge in [-0.1, -0.05) is 6.07 Å². The van der Waals surface area contributed by atoms with Crippen LogP contribution in [-0.2, 0) is 6.54 Å². The first-order valence-corrected chi connectivity index (χ1v) is 5.40. The van der Waals surface area contributed by atoms with Crippen LogP contribution in [0.15, 0.2) is 36.5 Å². The minimum Gasteiger partial charge on any atom is -0.481 e. The van der Waals surface area contributed by atoms with Crippen LogP contribution in [0.1, 0.15) is 5.56 Å². The van der Waals surface area contributed by atoms with Gasteiger partial charge >= 0.3 is 0 Å². The third-order valence-corrected chi connectivity index (χ3v) is 2.42. The second kappa shape index (κ2) is 5.46. The van der Waals surface area contributed by atoms with Gasteiger partial charge in [-0.15, -0.1) is 0 Å². The van der Waals surface area contributed by atoms with Gasteiger partial charge in [0, 0.05) is 24.4 Å². The van der Waals surface area contributed by atoms with Gasteiger partial charge in [-0.25, -0.2) is 9.37 Å². The highest BCUT2D eigenvalue weighted by Crippen LogP contribution is 2.28. The third-order valence-electron chi connectivity index (χ3n) is 2.42. The zero-order valence-electron chi connectivity index (χ0n) is 9.89. The predicted octanol–water partition coefficient (Wildman–Crippen LogP) is 2.48. The van der Waals surface area contributed by atoms with Crippen molar-refractivity contribution in [2.45, 2.75) is 6.54 Å². The average molecular weight is 248 g/mol. The molecule has 2 N–H and O–H groups in total. The summed E-state index contributed by atoms with van der Waals surface area (Å²) in [6.07, 6.45) is 1.55. The number of rotatable bonds is 4. The monoisotopic (exact) mass is 248 g/mol. The molecule has 0 atom stereocenters. The van der Waals surface area contributed by atoms with Crippen molar-refractivity contribution in [2.75, 3.05) is 7.11 Å². The van der Waals surface area contributed by atoms with Crippen LogP contribution in [0.2, 0.25) is 0 Å². The number of hydrogen-bond donors (Lipinski definition) is 1. The topological polar surface area (TPSA) is 57.4 Å². The fraction of sp³-hybridized carbons (Fsp3) is 0.154. The van der Waals surface area contributed by atoms with Crippen molar-refractivity contribution in [2.24, 2.45) is 5.73 Å². The van der Waals surface area contributed by atoms with E-state index in [0.717, 1.165) is 0 Å². The lowest BCUT2D eigenvalue weighted by Gasteiger charge is -2.11. The lowest BCUT2D eigenvalue weighted by Crippen LogP contribution is -2.02. The highest BCUT2D eigenvalue weighted by atomic mass is 19.1. The molecule has 0 amide bonds. The number of hydrogen-bond acceptors (Lipinski definition) is 4. The molecule has 0 unspecified atom stereocenters. The van der Waals surface area contributed by atoms with Crippen LogP contribution < -0.4 is 15.2 Å². The first-order chi connectivity index (χ1) is 8.74. The Morgan fingerprint density at radius 1 is 1.33 bits per heavy atom. The normalized spacial score (nSPS) is 10.2. The third kappa shape index (κ3) is 2.57. The quantitative estimate of drug-likeness (QED) is 0.903. The second-order valence-corrected chi connectivity index (χ2v) is 3.56. The number of ether oxygens (including phenoxy) is 2. The number of pyridine rings is 1. The molecule has 0 saturated carbocycles. The molecule has 5 heteroatoms. The molecular formula is C13H13FN2O2. The number of methoxy groups -OCH3 is 1. The van der Waals surface area contributed by atoms with E-state index in [1.54, 1.807) is 30.5 Å². The molecule has 0 saturated heterocycles. The van der Waals surface area contributed by atoms with E-state index in [-0.39, 0.29) is 12.4 Å². The van der Waals surface area contributed by atoms with E-state index in [2.05, 4.69) is 4.98 Å². The summed E-state index contributed by atoms with van der Waals surface area (Å²) >= 11 is 0. The molecule has 18 heavy (non-hydrogen) atoms. The Morgan fingerprint density at radius 3 is 2.89 bits per heavy atom. The molecule has 2 rings (SSSR count). The minimum atomic E-state index is -0.379. The molecule has 0 bridgehead atoms. The number of benzene rings is 1. The fourth-order valence-electron chi connectivity index (χ4n) is 1.53. The van der Waals surface area contributed by atoms with Crippen molar-refractivity contribution >= 4 is 0 Å². The summed E-state index contributed by atoms with van der Waals surface area (Å²) in [6, 6.07) is 7.86. The van der Waals surface area contributed by atoms with Gasteiger partial charge in [0.2, 0.25) is 5.88 Å². The van der Waals surface area contributed by atoms with Crippen LogP contribution in [-0.4, -0.2) is 12.1 Å². The lowest BCUT2D eigenvalue weighted by atomic mass is 10.2. The van der Waals surface area contributed by atoms with E-state index < -0.39 is 0 Å². The number of halogens is 1. The Balaban J connectivity index is 2.30. The smallest absolute Gasteiger partial charge is 0.216 e. The van der Waals surface area contributed by atoms with Gasteiger partial charge in [0.1, 0.15) is 17.3 Å². The van der Waals surface area contributed by atoms with Crippen molar-refractivity contribution in [1.29, 1.82) is 0 Å². The molecule has 1 aromatic heterocycles. The van der Waals surface area contributed by atoms with E-state index in [1.807, 2.05) is 0 Å². The van der Waals surface area contributed by atoms with Crippen LogP contribution >= 0.6 is 0 Å². The van der Waals surface area contributed by atoms with Crippen LogP contribution in [0.4, 0.5) is 4.39 Å². The Morgan fingerprint density at radius 2 is 2.17 bits per heavy atom. The van der Waals surface area contributed by atoms with Gasteiger partial charge in [-0.2, -0.15) is 0 Å². The SMILES string of the molecule is COc1cc(Oc2cccc(F)c2CN)ccn1. The van der Waals surface area contributed by atoms with Gasteiger partial charge < -0.3 is 15.2 Å². The van der Waals surface area contributed by atoms with E-state index in [9.17, 15) is 4.39 Å². The van der Waals surface area contributed by atoms with Crippen LogP contribution in [0.5, 0.6) is 17.4 Å². The summed E-state index contributed by atoms with van der Waals surface area (Å²) in [5.41, 5.74) is 5.85. The van der Waals surface area contributed by atoms with E-state index in [0.29, 0.717) is 22.9 Å². The first kappa shape index (κ1) is 12.3. The van der Waals surface area contributed by atoms with Crippen LogP contribution in [0, 0.1) is 5.82 Å². The summed E-state index contributed by atoms with van der Waals surface area (Å²) in [4.78, 5) is 3.96. The molecule has 0 aliphatic heterocycles. The van der Waals surface area contributed by atoms with Gasteiger partial charge in [0.25, 0.3) is 0 Å². The maximum atomic E-state index is 13.5. The number of nitrogens with two attached hydrogens (primary N) is 1. The Labute approximate surface area is 104 Å². The molecule has 0 aliphatic rings.